The van der Waals surface area contributed by atoms with E-state index in [2.05, 4.69) is 28.8 Å². The van der Waals surface area contributed by atoms with E-state index in [1.807, 2.05) is 20.9 Å². The fourth-order valence-corrected chi connectivity index (χ4v) is 1.77. The smallest absolute Gasteiger partial charge is 0.135 e. The zero-order valence-corrected chi connectivity index (χ0v) is 12.9. The Labute approximate surface area is 113 Å². The van der Waals surface area contributed by atoms with Gasteiger partial charge in [-0.15, -0.1) is 0 Å². The number of piperidine rings is 1. The summed E-state index contributed by atoms with van der Waals surface area (Å²) in [5, 5.41) is 0. The standard InChI is InChI=1S/C6H14N2.C6H11NO.C2H6/c1-7-3-5-8(2)6-4-7;1-7-4-2-6(8)3-5-7;1-2/h3-6H2,1-2H3;2-5H2,1H3;1-2H3. The number of hydrogen-bond acceptors (Lipinski definition) is 4. The van der Waals surface area contributed by atoms with Crippen molar-refractivity contribution in [3.63, 3.8) is 0 Å². The summed E-state index contributed by atoms with van der Waals surface area (Å²) in [6, 6.07) is 0. The number of nitrogens with zero attached hydrogens (tertiary/aromatic N) is 3. The quantitative estimate of drug-likeness (QED) is 0.651. The van der Waals surface area contributed by atoms with Gasteiger partial charge in [-0.3, -0.25) is 4.79 Å². The first-order valence-corrected chi connectivity index (χ1v) is 7.15. The molecule has 0 bridgehead atoms. The third-order valence-electron chi connectivity index (χ3n) is 3.27. The van der Waals surface area contributed by atoms with E-state index >= 15 is 0 Å². The molecule has 0 N–H and O–H groups in total. The van der Waals surface area contributed by atoms with Gasteiger partial charge < -0.3 is 14.7 Å². The molecule has 108 valence electrons. The second-order valence-electron chi connectivity index (χ2n) is 4.95. The molecule has 2 heterocycles. The van der Waals surface area contributed by atoms with Crippen molar-refractivity contribution in [1.29, 1.82) is 0 Å². The Kier molecular flexibility index (Phi) is 10.2. The van der Waals surface area contributed by atoms with Gasteiger partial charge in [0.1, 0.15) is 5.78 Å². The van der Waals surface area contributed by atoms with Gasteiger partial charge in [-0.25, -0.2) is 0 Å². The Hall–Kier alpha value is -0.450. The van der Waals surface area contributed by atoms with Crippen molar-refractivity contribution < 1.29 is 4.79 Å². The van der Waals surface area contributed by atoms with Crippen molar-refractivity contribution in [3.05, 3.63) is 0 Å². The van der Waals surface area contributed by atoms with Gasteiger partial charge in [-0.2, -0.15) is 0 Å². The Bertz CT molecular complexity index is 193. The first-order valence-electron chi connectivity index (χ1n) is 7.15. The molecule has 4 nitrogen and oxygen atoms in total. The van der Waals surface area contributed by atoms with Crippen molar-refractivity contribution in [2.24, 2.45) is 0 Å². The Morgan fingerprint density at radius 1 is 0.667 bits per heavy atom. The first-order chi connectivity index (χ1) is 8.58. The van der Waals surface area contributed by atoms with Crippen LogP contribution in [-0.2, 0) is 4.79 Å². The number of likely N-dealkylation sites (N-methyl/N-ethyl adjacent to an activating group) is 2. The van der Waals surface area contributed by atoms with E-state index < -0.39 is 0 Å². The van der Waals surface area contributed by atoms with Gasteiger partial charge in [0.25, 0.3) is 0 Å². The number of carbonyl (C=O) groups is 1. The minimum absolute atomic E-state index is 0.420. The molecule has 2 saturated heterocycles. The maximum absolute atomic E-state index is 10.6. The Balaban J connectivity index is 0.000000283. The van der Waals surface area contributed by atoms with Crippen molar-refractivity contribution in [2.75, 3.05) is 60.4 Å². The Morgan fingerprint density at radius 3 is 1.22 bits per heavy atom. The van der Waals surface area contributed by atoms with Gasteiger partial charge in [-0.1, -0.05) is 13.8 Å². The predicted octanol–water partition coefficient (Wildman–Crippen LogP) is 1.17. The molecule has 2 fully saturated rings. The molecule has 0 aromatic rings. The maximum Gasteiger partial charge on any atom is 0.135 e. The van der Waals surface area contributed by atoms with Crippen molar-refractivity contribution in [2.45, 2.75) is 26.7 Å². The molecule has 0 saturated carbocycles. The molecule has 2 aliphatic rings. The summed E-state index contributed by atoms with van der Waals surface area (Å²) >= 11 is 0. The molecule has 0 aliphatic carbocycles. The topological polar surface area (TPSA) is 26.8 Å². The van der Waals surface area contributed by atoms with E-state index in [1.165, 1.54) is 26.2 Å². The van der Waals surface area contributed by atoms with Crippen LogP contribution in [0.1, 0.15) is 26.7 Å². The first kappa shape index (κ1) is 17.6. The number of carbonyl (C=O) groups excluding carboxylic acids is 1. The number of likely N-dealkylation sites (tertiary alicyclic amines) is 1. The molecular weight excluding hydrogens is 226 g/mol. The van der Waals surface area contributed by atoms with E-state index in [4.69, 9.17) is 0 Å². The minimum Gasteiger partial charge on any atom is -0.305 e. The molecular formula is C14H31N3O. The second-order valence-corrected chi connectivity index (χ2v) is 4.95. The fraction of sp³-hybridized carbons (Fsp3) is 0.929. The zero-order valence-electron chi connectivity index (χ0n) is 12.9. The molecule has 0 aromatic carbocycles. The number of Topliss-reactive ketones (excluding diaryl/α,β-unsaturated/α-hetero) is 1. The predicted molar refractivity (Wildman–Crippen MR) is 78.1 cm³/mol. The summed E-state index contributed by atoms with van der Waals surface area (Å²) < 4.78 is 0. The zero-order chi connectivity index (χ0) is 14.0. The number of hydrogen-bond donors (Lipinski definition) is 0. The summed E-state index contributed by atoms with van der Waals surface area (Å²) in [5.41, 5.74) is 0. The molecule has 0 amide bonds. The van der Waals surface area contributed by atoms with Crippen molar-refractivity contribution >= 4 is 5.78 Å². The normalized spacial score (nSPS) is 22.6. The van der Waals surface area contributed by atoms with E-state index in [1.54, 1.807) is 0 Å². The molecule has 2 rings (SSSR count). The largest absolute Gasteiger partial charge is 0.305 e. The van der Waals surface area contributed by atoms with Crippen LogP contribution in [0.25, 0.3) is 0 Å². The SMILES string of the molecule is CC.CN1CCC(=O)CC1.CN1CCN(C)CC1. The van der Waals surface area contributed by atoms with Crippen molar-refractivity contribution in [3.8, 4) is 0 Å². The number of piperazine rings is 1. The monoisotopic (exact) mass is 257 g/mol. The van der Waals surface area contributed by atoms with E-state index in [0.717, 1.165) is 25.9 Å². The minimum atomic E-state index is 0.420. The molecule has 0 unspecified atom stereocenters. The highest BCUT2D eigenvalue weighted by molar-refractivity contribution is 5.79. The van der Waals surface area contributed by atoms with Crippen LogP contribution in [0.5, 0.6) is 0 Å². The number of rotatable bonds is 0. The third kappa shape index (κ3) is 8.61. The van der Waals surface area contributed by atoms with E-state index in [-0.39, 0.29) is 0 Å². The molecule has 0 aromatic heterocycles. The highest BCUT2D eigenvalue weighted by Crippen LogP contribution is 2.01. The molecule has 2 aliphatic heterocycles. The molecule has 18 heavy (non-hydrogen) atoms. The van der Waals surface area contributed by atoms with Gasteiger partial charge in [0.2, 0.25) is 0 Å². The van der Waals surface area contributed by atoms with Gasteiger partial charge in [0.05, 0.1) is 0 Å². The molecule has 0 spiro atoms. The Morgan fingerprint density at radius 2 is 0.944 bits per heavy atom. The van der Waals surface area contributed by atoms with Crippen LogP contribution in [-0.4, -0.2) is 80.9 Å². The summed E-state index contributed by atoms with van der Waals surface area (Å²) in [6.45, 7) is 10.8. The van der Waals surface area contributed by atoms with E-state index in [0.29, 0.717) is 5.78 Å². The van der Waals surface area contributed by atoms with Crippen LogP contribution >= 0.6 is 0 Å². The van der Waals surface area contributed by atoms with Crippen LogP contribution in [0.4, 0.5) is 0 Å². The summed E-state index contributed by atoms with van der Waals surface area (Å²) in [6.07, 6.45) is 1.52. The second kappa shape index (κ2) is 10.5. The fourth-order valence-electron chi connectivity index (χ4n) is 1.77. The lowest BCUT2D eigenvalue weighted by Gasteiger charge is -2.28. The summed E-state index contributed by atoms with van der Waals surface area (Å²) in [5.74, 6) is 0.420. The third-order valence-corrected chi connectivity index (χ3v) is 3.27. The van der Waals surface area contributed by atoms with Gasteiger partial charge >= 0.3 is 0 Å². The molecule has 0 atom stereocenters. The van der Waals surface area contributed by atoms with Gasteiger partial charge in [0.15, 0.2) is 0 Å². The molecule has 0 radical (unpaired) electrons. The van der Waals surface area contributed by atoms with Crippen LogP contribution in [0.15, 0.2) is 0 Å². The van der Waals surface area contributed by atoms with Gasteiger partial charge in [-0.05, 0) is 21.1 Å². The lowest BCUT2D eigenvalue weighted by atomic mass is 10.1. The van der Waals surface area contributed by atoms with Crippen molar-refractivity contribution in [1.82, 2.24) is 14.7 Å². The lowest BCUT2D eigenvalue weighted by Crippen LogP contribution is -2.42. The number of ketones is 1. The van der Waals surface area contributed by atoms with Gasteiger partial charge in [0, 0.05) is 52.1 Å². The average Bonchev–Trinajstić information content (AvgIpc) is 2.40. The molecule has 4 heteroatoms. The summed E-state index contributed by atoms with van der Waals surface area (Å²) in [4.78, 5) is 17.5. The average molecular weight is 257 g/mol. The highest BCUT2D eigenvalue weighted by atomic mass is 16.1. The highest BCUT2D eigenvalue weighted by Gasteiger charge is 2.11. The summed E-state index contributed by atoms with van der Waals surface area (Å²) in [7, 11) is 6.40. The van der Waals surface area contributed by atoms with Crippen LogP contribution in [0.3, 0.4) is 0 Å². The maximum atomic E-state index is 10.6. The van der Waals surface area contributed by atoms with Crippen LogP contribution in [0, 0.1) is 0 Å². The lowest BCUT2D eigenvalue weighted by molar-refractivity contribution is -0.121. The van der Waals surface area contributed by atoms with Crippen LogP contribution < -0.4 is 0 Å². The van der Waals surface area contributed by atoms with Crippen LogP contribution in [0.2, 0.25) is 0 Å². The van der Waals surface area contributed by atoms with E-state index in [9.17, 15) is 4.79 Å².